The number of benzene rings is 2. The molecule has 0 saturated carbocycles. The van der Waals surface area contributed by atoms with Crippen molar-refractivity contribution in [1.29, 1.82) is 0 Å². The van der Waals surface area contributed by atoms with Crippen LogP contribution in [0.1, 0.15) is 25.0 Å². The van der Waals surface area contributed by atoms with E-state index in [1.165, 1.54) is 0 Å². The number of methoxy groups -OCH3 is 1. The summed E-state index contributed by atoms with van der Waals surface area (Å²) in [5, 5.41) is 0.679. The van der Waals surface area contributed by atoms with Crippen LogP contribution >= 0.6 is 35.1 Å². The first-order chi connectivity index (χ1) is 13.1. The Morgan fingerprint density at radius 1 is 1.00 bits per heavy atom. The summed E-state index contributed by atoms with van der Waals surface area (Å²) >= 11 is 9.34. The molecule has 0 spiro atoms. The van der Waals surface area contributed by atoms with Crippen molar-refractivity contribution < 1.29 is 9.53 Å². The zero-order chi connectivity index (χ0) is 19.6. The molecule has 0 heterocycles. The van der Waals surface area contributed by atoms with Gasteiger partial charge in [-0.15, -0.1) is 23.5 Å². The lowest BCUT2D eigenvalue weighted by Gasteiger charge is -2.12. The van der Waals surface area contributed by atoms with Gasteiger partial charge in [-0.05, 0) is 53.0 Å². The Bertz CT molecular complexity index is 801. The first-order valence-electron chi connectivity index (χ1n) is 8.71. The van der Waals surface area contributed by atoms with E-state index in [1.807, 2.05) is 54.6 Å². The minimum atomic E-state index is -0.00739. The van der Waals surface area contributed by atoms with Crippen molar-refractivity contribution in [2.75, 3.05) is 18.6 Å². The summed E-state index contributed by atoms with van der Waals surface area (Å²) in [5.41, 5.74) is 2.58. The number of carbonyl (C=O) groups is 1. The molecule has 27 heavy (non-hydrogen) atoms. The summed E-state index contributed by atoms with van der Waals surface area (Å²) in [7, 11) is 1.64. The zero-order valence-corrected chi connectivity index (χ0v) is 18.1. The minimum absolute atomic E-state index is 0.00739. The molecule has 142 valence electrons. The second kappa shape index (κ2) is 11.3. The van der Waals surface area contributed by atoms with Gasteiger partial charge in [0, 0.05) is 10.6 Å². The van der Waals surface area contributed by atoms with Crippen LogP contribution in [0.25, 0.3) is 11.6 Å². The predicted octanol–water partition coefficient (Wildman–Crippen LogP) is 6.81. The van der Waals surface area contributed by atoms with E-state index in [4.69, 9.17) is 16.3 Å². The molecule has 0 aliphatic rings. The number of hydrogen-bond acceptors (Lipinski definition) is 4. The zero-order valence-electron chi connectivity index (χ0n) is 15.7. The van der Waals surface area contributed by atoms with Crippen molar-refractivity contribution in [3.8, 4) is 5.75 Å². The molecule has 0 unspecified atom stereocenters. The fourth-order valence-corrected chi connectivity index (χ4v) is 4.81. The molecule has 2 rings (SSSR count). The molecular formula is C22H23ClO2S2. The van der Waals surface area contributed by atoms with Crippen LogP contribution in [-0.4, -0.2) is 24.4 Å². The van der Waals surface area contributed by atoms with E-state index >= 15 is 0 Å². The first-order valence-corrected chi connectivity index (χ1v) is 11.1. The Hall–Kier alpha value is -1.62. The maximum Gasteiger partial charge on any atom is 0.188 e. The number of ketones is 1. The molecule has 5 heteroatoms. The molecule has 0 aromatic heterocycles. The fourth-order valence-electron chi connectivity index (χ4n) is 2.40. The van der Waals surface area contributed by atoms with Crippen LogP contribution in [0.3, 0.4) is 0 Å². The van der Waals surface area contributed by atoms with E-state index in [9.17, 15) is 4.79 Å². The van der Waals surface area contributed by atoms with Gasteiger partial charge >= 0.3 is 0 Å². The molecule has 0 bridgehead atoms. The third-order valence-corrected chi connectivity index (χ3v) is 6.15. The monoisotopic (exact) mass is 418 g/mol. The summed E-state index contributed by atoms with van der Waals surface area (Å²) in [4.78, 5) is 13.1. The number of allylic oxidation sites excluding steroid dienone is 2. The second-order valence-electron chi connectivity index (χ2n) is 5.51. The van der Waals surface area contributed by atoms with Gasteiger partial charge in [0.15, 0.2) is 5.78 Å². The Kier molecular flexibility index (Phi) is 9.05. The molecule has 2 nitrogen and oxygen atoms in total. The first kappa shape index (κ1) is 21.7. The fraction of sp³-hybridized carbons (Fsp3) is 0.227. The molecule has 0 N–H and O–H groups in total. The largest absolute Gasteiger partial charge is 0.497 e. The normalized spacial score (nSPS) is 10.8. The van der Waals surface area contributed by atoms with Crippen molar-refractivity contribution in [2.45, 2.75) is 13.8 Å². The molecule has 0 fully saturated rings. The smallest absolute Gasteiger partial charge is 0.188 e. The standard InChI is InChI=1S/C22H23ClO2S2/c1-4-26-22(27-5-2)21(17-9-13-19(25-3)14-10-17)20(24)15-8-16-6-11-18(23)12-7-16/h6-15H,4-5H2,1-3H3/b15-8+. The van der Waals surface area contributed by atoms with Crippen LogP contribution in [0.4, 0.5) is 0 Å². The van der Waals surface area contributed by atoms with Gasteiger partial charge in [-0.2, -0.15) is 0 Å². The number of rotatable bonds is 9. The topological polar surface area (TPSA) is 26.3 Å². The SMILES string of the molecule is CCSC(SCC)=C(C(=O)/C=C/c1ccc(Cl)cc1)c1ccc(OC)cc1. The van der Waals surface area contributed by atoms with Crippen molar-refractivity contribution in [2.24, 2.45) is 0 Å². The van der Waals surface area contributed by atoms with Crippen molar-refractivity contribution >= 4 is 52.6 Å². The van der Waals surface area contributed by atoms with Gasteiger partial charge in [-0.3, -0.25) is 4.79 Å². The van der Waals surface area contributed by atoms with Crippen LogP contribution in [0.2, 0.25) is 5.02 Å². The molecule has 2 aromatic carbocycles. The highest BCUT2D eigenvalue weighted by atomic mass is 35.5. The number of thioether (sulfide) groups is 2. The van der Waals surface area contributed by atoms with Gasteiger partial charge in [0.1, 0.15) is 5.75 Å². The summed E-state index contributed by atoms with van der Waals surface area (Å²) < 4.78 is 6.30. The molecule has 0 saturated heterocycles. The third kappa shape index (κ3) is 6.49. The maximum absolute atomic E-state index is 13.1. The van der Waals surface area contributed by atoms with Gasteiger partial charge in [0.25, 0.3) is 0 Å². The number of ether oxygens (including phenoxy) is 1. The lowest BCUT2D eigenvalue weighted by molar-refractivity contribution is -0.109. The number of halogens is 1. The van der Waals surface area contributed by atoms with Crippen molar-refractivity contribution in [3.63, 3.8) is 0 Å². The summed E-state index contributed by atoms with van der Waals surface area (Å²) in [6.45, 7) is 4.20. The van der Waals surface area contributed by atoms with Crippen molar-refractivity contribution in [3.05, 3.63) is 75.0 Å². The van der Waals surface area contributed by atoms with E-state index in [-0.39, 0.29) is 5.78 Å². The van der Waals surface area contributed by atoms with Gasteiger partial charge in [0.05, 0.1) is 11.3 Å². The van der Waals surface area contributed by atoms with Gasteiger partial charge in [-0.1, -0.05) is 55.8 Å². The van der Waals surface area contributed by atoms with Gasteiger partial charge in [-0.25, -0.2) is 0 Å². The number of hydrogen-bond donors (Lipinski definition) is 0. The molecule has 0 radical (unpaired) electrons. The molecule has 0 aliphatic heterocycles. The third-order valence-electron chi connectivity index (χ3n) is 3.68. The second-order valence-corrected chi connectivity index (χ2v) is 8.75. The molecule has 0 amide bonds. The molecule has 0 aliphatic carbocycles. The Morgan fingerprint density at radius 2 is 1.59 bits per heavy atom. The maximum atomic E-state index is 13.1. The van der Waals surface area contributed by atoms with E-state index in [2.05, 4.69) is 13.8 Å². The Morgan fingerprint density at radius 3 is 2.11 bits per heavy atom. The Balaban J connectivity index is 2.41. The van der Waals surface area contributed by atoms with E-state index in [1.54, 1.807) is 36.7 Å². The Labute approximate surface area is 175 Å². The van der Waals surface area contributed by atoms with E-state index in [0.717, 1.165) is 38.2 Å². The predicted molar refractivity (Wildman–Crippen MR) is 122 cm³/mol. The van der Waals surface area contributed by atoms with Crippen LogP contribution < -0.4 is 4.74 Å². The van der Waals surface area contributed by atoms with Crippen LogP contribution in [0.5, 0.6) is 5.75 Å². The summed E-state index contributed by atoms with van der Waals surface area (Å²) in [6.07, 6.45) is 3.46. The number of carbonyl (C=O) groups excluding carboxylic acids is 1. The van der Waals surface area contributed by atoms with Gasteiger partial charge in [0.2, 0.25) is 0 Å². The molecular weight excluding hydrogens is 396 g/mol. The highest BCUT2D eigenvalue weighted by molar-refractivity contribution is 8.22. The van der Waals surface area contributed by atoms with Crippen molar-refractivity contribution in [1.82, 2.24) is 0 Å². The van der Waals surface area contributed by atoms with Crippen LogP contribution in [-0.2, 0) is 4.79 Å². The highest BCUT2D eigenvalue weighted by Crippen LogP contribution is 2.37. The minimum Gasteiger partial charge on any atom is -0.497 e. The summed E-state index contributed by atoms with van der Waals surface area (Å²) in [5.74, 6) is 2.59. The highest BCUT2D eigenvalue weighted by Gasteiger charge is 2.16. The van der Waals surface area contributed by atoms with E-state index < -0.39 is 0 Å². The van der Waals surface area contributed by atoms with Crippen LogP contribution in [0.15, 0.2) is 58.8 Å². The lowest BCUT2D eigenvalue weighted by Crippen LogP contribution is -2.01. The average molecular weight is 419 g/mol. The summed E-state index contributed by atoms with van der Waals surface area (Å²) in [6, 6.07) is 15.1. The quantitative estimate of drug-likeness (QED) is 0.418. The van der Waals surface area contributed by atoms with Gasteiger partial charge < -0.3 is 4.74 Å². The lowest BCUT2D eigenvalue weighted by atomic mass is 10.0. The average Bonchev–Trinajstić information content (AvgIpc) is 2.68. The molecule has 0 atom stereocenters. The molecule has 2 aromatic rings. The van der Waals surface area contributed by atoms with E-state index in [0.29, 0.717) is 5.02 Å². The van der Waals surface area contributed by atoms with Crippen LogP contribution in [0, 0.1) is 0 Å².